The van der Waals surface area contributed by atoms with Crippen molar-refractivity contribution in [3.05, 3.63) is 66.0 Å². The molecule has 0 aliphatic carbocycles. The summed E-state index contributed by atoms with van der Waals surface area (Å²) in [6.07, 6.45) is 0. The number of nitrogens with zero attached hydrogens (tertiary/aromatic N) is 3. The van der Waals surface area contributed by atoms with Crippen LogP contribution in [0.25, 0.3) is 22.8 Å². The smallest absolute Gasteiger partial charge is 0.160 e. The number of hydrogen-bond acceptors (Lipinski definition) is 3. The average Bonchev–Trinajstić information content (AvgIpc) is 2.55. The van der Waals surface area contributed by atoms with E-state index in [1.807, 2.05) is 61.5 Å². The third-order valence-corrected chi connectivity index (χ3v) is 3.52. The summed E-state index contributed by atoms with van der Waals surface area (Å²) in [6.45, 7) is 6.28. The molecule has 0 aliphatic heterocycles. The highest BCUT2D eigenvalue weighted by atomic mass is 14.9. The zero-order valence-electron chi connectivity index (χ0n) is 13.1. The van der Waals surface area contributed by atoms with Gasteiger partial charge in [0.15, 0.2) is 5.82 Å². The summed E-state index contributed by atoms with van der Waals surface area (Å²) in [7, 11) is 0. The van der Waals surface area contributed by atoms with Crippen LogP contribution in [0.4, 0.5) is 0 Å². The second kappa shape index (κ2) is 6.06. The first-order valence-corrected chi connectivity index (χ1v) is 7.52. The van der Waals surface area contributed by atoms with Gasteiger partial charge in [-0.05, 0) is 31.0 Å². The van der Waals surface area contributed by atoms with Crippen LogP contribution in [0.15, 0.2) is 54.6 Å². The topological polar surface area (TPSA) is 38.7 Å². The highest BCUT2D eigenvalue weighted by molar-refractivity contribution is 5.62. The Hall–Kier alpha value is -2.55. The van der Waals surface area contributed by atoms with Gasteiger partial charge in [-0.3, -0.25) is 4.98 Å². The van der Waals surface area contributed by atoms with Gasteiger partial charge in [0.25, 0.3) is 0 Å². The van der Waals surface area contributed by atoms with E-state index in [4.69, 9.17) is 9.97 Å². The molecule has 22 heavy (non-hydrogen) atoms. The van der Waals surface area contributed by atoms with E-state index in [1.54, 1.807) is 0 Å². The Balaban J connectivity index is 2.16. The number of aryl methyl sites for hydroxylation is 1. The molecular formula is C19H19N3. The molecular weight excluding hydrogens is 270 g/mol. The van der Waals surface area contributed by atoms with E-state index >= 15 is 0 Å². The molecule has 0 fully saturated rings. The average molecular weight is 289 g/mol. The van der Waals surface area contributed by atoms with Crippen molar-refractivity contribution in [3.8, 4) is 22.8 Å². The molecule has 2 aromatic heterocycles. The molecule has 0 unspecified atom stereocenters. The molecule has 0 bridgehead atoms. The largest absolute Gasteiger partial charge is 0.251 e. The molecule has 0 radical (unpaired) electrons. The minimum atomic E-state index is 0.342. The Morgan fingerprint density at radius 3 is 2.23 bits per heavy atom. The van der Waals surface area contributed by atoms with Crippen molar-refractivity contribution in [2.45, 2.75) is 26.7 Å². The molecule has 0 atom stereocenters. The highest BCUT2D eigenvalue weighted by Gasteiger charge is 2.11. The van der Waals surface area contributed by atoms with Crippen LogP contribution in [-0.4, -0.2) is 15.0 Å². The molecule has 3 heteroatoms. The number of hydrogen-bond donors (Lipinski definition) is 0. The summed E-state index contributed by atoms with van der Waals surface area (Å²) < 4.78 is 0. The van der Waals surface area contributed by atoms with Crippen molar-refractivity contribution in [1.29, 1.82) is 0 Å². The summed E-state index contributed by atoms with van der Waals surface area (Å²) in [5, 5.41) is 0. The lowest BCUT2D eigenvalue weighted by Crippen LogP contribution is -2.01. The number of rotatable bonds is 3. The van der Waals surface area contributed by atoms with Crippen molar-refractivity contribution in [2.75, 3.05) is 0 Å². The number of aromatic nitrogens is 3. The lowest BCUT2D eigenvalue weighted by Gasteiger charge is -2.10. The monoisotopic (exact) mass is 289 g/mol. The van der Waals surface area contributed by atoms with E-state index in [9.17, 15) is 0 Å². The predicted octanol–water partition coefficient (Wildman–Crippen LogP) is 4.64. The third-order valence-electron chi connectivity index (χ3n) is 3.52. The summed E-state index contributed by atoms with van der Waals surface area (Å²) in [4.78, 5) is 14.0. The molecule has 3 rings (SSSR count). The van der Waals surface area contributed by atoms with Gasteiger partial charge in [0.05, 0.1) is 11.4 Å². The van der Waals surface area contributed by atoms with Gasteiger partial charge in [-0.15, -0.1) is 0 Å². The third kappa shape index (κ3) is 3.03. The zero-order chi connectivity index (χ0) is 15.5. The van der Waals surface area contributed by atoms with Crippen molar-refractivity contribution >= 4 is 0 Å². The Kier molecular flexibility index (Phi) is 3.96. The van der Waals surface area contributed by atoms with Crippen LogP contribution in [0, 0.1) is 6.92 Å². The van der Waals surface area contributed by atoms with Crippen molar-refractivity contribution in [2.24, 2.45) is 0 Å². The van der Waals surface area contributed by atoms with Crippen molar-refractivity contribution in [3.63, 3.8) is 0 Å². The van der Waals surface area contributed by atoms with E-state index in [2.05, 4.69) is 18.8 Å². The molecule has 0 saturated carbocycles. The fourth-order valence-corrected chi connectivity index (χ4v) is 2.30. The van der Waals surface area contributed by atoms with Crippen LogP contribution in [0.5, 0.6) is 0 Å². The Bertz CT molecular complexity index is 780. The van der Waals surface area contributed by atoms with Crippen LogP contribution >= 0.6 is 0 Å². The molecule has 1 aromatic carbocycles. The Morgan fingerprint density at radius 2 is 1.55 bits per heavy atom. The van der Waals surface area contributed by atoms with Gasteiger partial charge in [0, 0.05) is 17.0 Å². The van der Waals surface area contributed by atoms with Gasteiger partial charge in [0.2, 0.25) is 0 Å². The van der Waals surface area contributed by atoms with E-state index < -0.39 is 0 Å². The lowest BCUT2D eigenvalue weighted by molar-refractivity contribution is 0.817. The molecule has 0 N–H and O–H groups in total. The summed E-state index contributed by atoms with van der Waals surface area (Å²) in [5.74, 6) is 1.10. The predicted molar refractivity (Wildman–Crippen MR) is 89.5 cm³/mol. The quantitative estimate of drug-likeness (QED) is 0.705. The first-order valence-electron chi connectivity index (χ1n) is 7.52. The lowest BCUT2D eigenvalue weighted by atomic mass is 10.1. The Labute approximate surface area is 131 Å². The van der Waals surface area contributed by atoms with Crippen molar-refractivity contribution < 1.29 is 0 Å². The molecule has 3 aromatic rings. The van der Waals surface area contributed by atoms with E-state index in [1.165, 1.54) is 0 Å². The maximum Gasteiger partial charge on any atom is 0.160 e. The van der Waals surface area contributed by atoms with E-state index in [0.717, 1.165) is 34.2 Å². The molecule has 0 amide bonds. The van der Waals surface area contributed by atoms with Crippen LogP contribution in [0.3, 0.4) is 0 Å². The fraction of sp³-hybridized carbons (Fsp3) is 0.211. The summed E-state index contributed by atoms with van der Waals surface area (Å²) in [5.41, 5.74) is 4.82. The minimum Gasteiger partial charge on any atom is -0.251 e. The van der Waals surface area contributed by atoms with Crippen LogP contribution in [0.1, 0.15) is 31.2 Å². The molecule has 110 valence electrons. The summed E-state index contributed by atoms with van der Waals surface area (Å²) in [6, 6.07) is 18.1. The van der Waals surface area contributed by atoms with Gasteiger partial charge < -0.3 is 0 Å². The molecule has 0 spiro atoms. The first kappa shape index (κ1) is 14.4. The van der Waals surface area contributed by atoms with Gasteiger partial charge in [0.1, 0.15) is 0 Å². The Morgan fingerprint density at radius 1 is 0.773 bits per heavy atom. The highest BCUT2D eigenvalue weighted by Crippen LogP contribution is 2.24. The van der Waals surface area contributed by atoms with E-state index in [0.29, 0.717) is 5.92 Å². The second-order valence-corrected chi connectivity index (χ2v) is 5.69. The molecule has 3 nitrogen and oxygen atoms in total. The van der Waals surface area contributed by atoms with Gasteiger partial charge in [-0.25, -0.2) is 9.97 Å². The van der Waals surface area contributed by atoms with Crippen LogP contribution in [-0.2, 0) is 0 Å². The normalized spacial score (nSPS) is 10.9. The zero-order valence-corrected chi connectivity index (χ0v) is 13.1. The van der Waals surface area contributed by atoms with Gasteiger partial charge >= 0.3 is 0 Å². The standard InChI is InChI=1S/C19H19N3/c1-13(2)17-12-18(16-11-7-8-14(3)20-16)22-19(21-17)15-9-5-4-6-10-15/h4-13H,1-3H3. The summed E-state index contributed by atoms with van der Waals surface area (Å²) >= 11 is 0. The molecule has 0 aliphatic rings. The maximum absolute atomic E-state index is 4.72. The fourth-order valence-electron chi connectivity index (χ4n) is 2.30. The number of pyridine rings is 1. The number of benzene rings is 1. The van der Waals surface area contributed by atoms with Crippen LogP contribution in [0.2, 0.25) is 0 Å². The van der Waals surface area contributed by atoms with Gasteiger partial charge in [-0.1, -0.05) is 50.2 Å². The second-order valence-electron chi connectivity index (χ2n) is 5.69. The van der Waals surface area contributed by atoms with Crippen molar-refractivity contribution in [1.82, 2.24) is 15.0 Å². The maximum atomic E-state index is 4.72. The van der Waals surface area contributed by atoms with E-state index in [-0.39, 0.29) is 0 Å². The minimum absolute atomic E-state index is 0.342. The molecule has 0 saturated heterocycles. The van der Waals surface area contributed by atoms with Crippen LogP contribution < -0.4 is 0 Å². The first-order chi connectivity index (χ1) is 10.6. The van der Waals surface area contributed by atoms with Gasteiger partial charge in [-0.2, -0.15) is 0 Å². The molecule has 2 heterocycles. The SMILES string of the molecule is Cc1cccc(-c2cc(C(C)C)nc(-c3ccccc3)n2)n1.